The molecule has 1 heterocycles. The minimum absolute atomic E-state index is 0.189. The molecule has 0 aliphatic carbocycles. The minimum Gasteiger partial charge on any atom is -0.352 e. The number of carbonyl (C=O) groups is 1. The number of hydrogen-bond donors (Lipinski definition) is 1. The first-order chi connectivity index (χ1) is 13.5. The maximum Gasteiger partial charge on any atom is 0.264 e. The molecule has 0 aliphatic heterocycles. The average Bonchev–Trinajstić information content (AvgIpc) is 3.25. The lowest BCUT2D eigenvalue weighted by Gasteiger charge is -2.19. The lowest BCUT2D eigenvalue weighted by Crippen LogP contribution is -2.27. The molecule has 0 atom stereocenters. The van der Waals surface area contributed by atoms with Crippen LogP contribution in [0.1, 0.15) is 16.8 Å². The van der Waals surface area contributed by atoms with Crippen molar-refractivity contribution >= 4 is 21.6 Å². The second kappa shape index (κ2) is 8.71. The first-order valence-electron chi connectivity index (χ1n) is 8.86. The number of benzene rings is 2. The van der Waals surface area contributed by atoms with Crippen molar-refractivity contribution in [2.24, 2.45) is 0 Å². The molecule has 3 aromatic rings. The Morgan fingerprint density at radius 2 is 1.82 bits per heavy atom. The third-order valence-corrected chi connectivity index (χ3v) is 6.13. The summed E-state index contributed by atoms with van der Waals surface area (Å²) in [6.07, 6.45) is 6.12. The maximum absolute atomic E-state index is 12.7. The van der Waals surface area contributed by atoms with Gasteiger partial charge in [0.15, 0.2) is 0 Å². The van der Waals surface area contributed by atoms with E-state index in [1.807, 2.05) is 10.8 Å². The van der Waals surface area contributed by atoms with Gasteiger partial charge in [0.1, 0.15) is 0 Å². The molecule has 0 saturated heterocycles. The topological polar surface area (TPSA) is 84.3 Å². The minimum atomic E-state index is -3.64. The van der Waals surface area contributed by atoms with Crippen LogP contribution in [0.15, 0.2) is 78.2 Å². The van der Waals surface area contributed by atoms with Crippen molar-refractivity contribution in [1.82, 2.24) is 14.9 Å². The highest BCUT2D eigenvalue weighted by Crippen LogP contribution is 2.22. The van der Waals surface area contributed by atoms with Gasteiger partial charge < -0.3 is 9.88 Å². The summed E-state index contributed by atoms with van der Waals surface area (Å²) in [5.74, 6) is -0.189. The standard InChI is InChI=1S/C20H22N4O3S/c1-23(28(26,27)19-6-3-2-4-7-19)18-10-8-17(9-11-18)20(25)22-12-5-14-24-15-13-21-16-24/h2-4,6-11,13,15-16H,5,12,14H2,1H3,(H,22,25). The molecule has 0 bridgehead atoms. The summed E-state index contributed by atoms with van der Waals surface area (Å²) >= 11 is 0. The fraction of sp³-hybridized carbons (Fsp3) is 0.200. The maximum atomic E-state index is 12.7. The Morgan fingerprint density at radius 1 is 1.11 bits per heavy atom. The molecule has 8 heteroatoms. The number of aryl methyl sites for hydroxylation is 1. The molecule has 28 heavy (non-hydrogen) atoms. The number of aromatic nitrogens is 2. The highest BCUT2D eigenvalue weighted by atomic mass is 32.2. The van der Waals surface area contributed by atoms with E-state index < -0.39 is 10.0 Å². The molecule has 2 aromatic carbocycles. The molecule has 0 aliphatic rings. The second-order valence-electron chi connectivity index (χ2n) is 6.24. The van der Waals surface area contributed by atoms with E-state index in [-0.39, 0.29) is 10.8 Å². The number of carbonyl (C=O) groups excluding carboxylic acids is 1. The molecule has 0 spiro atoms. The fourth-order valence-electron chi connectivity index (χ4n) is 2.70. The van der Waals surface area contributed by atoms with Gasteiger partial charge >= 0.3 is 0 Å². The van der Waals surface area contributed by atoms with Gasteiger partial charge in [-0.05, 0) is 42.8 Å². The molecule has 0 radical (unpaired) electrons. The Bertz CT molecular complexity index is 1000. The average molecular weight is 398 g/mol. The summed E-state index contributed by atoms with van der Waals surface area (Å²) in [6.45, 7) is 1.32. The van der Waals surface area contributed by atoms with E-state index in [2.05, 4.69) is 10.3 Å². The highest BCUT2D eigenvalue weighted by Gasteiger charge is 2.21. The summed E-state index contributed by atoms with van der Waals surface area (Å²) in [4.78, 5) is 16.4. The van der Waals surface area contributed by atoms with Crippen molar-refractivity contribution in [1.29, 1.82) is 0 Å². The number of nitrogens with one attached hydrogen (secondary N) is 1. The summed E-state index contributed by atoms with van der Waals surface area (Å²) in [7, 11) is -2.15. The van der Waals surface area contributed by atoms with Gasteiger partial charge in [-0.25, -0.2) is 13.4 Å². The molecular formula is C20H22N4O3S. The van der Waals surface area contributed by atoms with Crippen LogP contribution in [-0.2, 0) is 16.6 Å². The van der Waals surface area contributed by atoms with Gasteiger partial charge in [0.2, 0.25) is 0 Å². The molecule has 1 N–H and O–H groups in total. The van der Waals surface area contributed by atoms with Crippen molar-refractivity contribution in [2.75, 3.05) is 17.9 Å². The van der Waals surface area contributed by atoms with E-state index in [0.29, 0.717) is 17.8 Å². The largest absolute Gasteiger partial charge is 0.352 e. The van der Waals surface area contributed by atoms with Crippen molar-refractivity contribution < 1.29 is 13.2 Å². The van der Waals surface area contributed by atoms with E-state index in [9.17, 15) is 13.2 Å². The summed E-state index contributed by atoms with van der Waals surface area (Å²) in [5, 5.41) is 2.86. The first-order valence-corrected chi connectivity index (χ1v) is 10.3. The van der Waals surface area contributed by atoms with Crippen LogP contribution in [0.5, 0.6) is 0 Å². The number of nitrogens with zero attached hydrogens (tertiary/aromatic N) is 3. The van der Waals surface area contributed by atoms with Gasteiger partial charge in [-0.3, -0.25) is 9.10 Å². The third-order valence-electron chi connectivity index (χ3n) is 4.33. The van der Waals surface area contributed by atoms with E-state index >= 15 is 0 Å². The van der Waals surface area contributed by atoms with Crippen molar-refractivity contribution in [3.05, 3.63) is 78.9 Å². The molecule has 3 rings (SSSR count). The molecule has 7 nitrogen and oxygen atoms in total. The normalized spacial score (nSPS) is 11.2. The van der Waals surface area contributed by atoms with Crippen LogP contribution in [0.2, 0.25) is 0 Å². The number of imidazole rings is 1. The number of rotatable bonds is 8. The second-order valence-corrected chi connectivity index (χ2v) is 8.21. The summed E-state index contributed by atoms with van der Waals surface area (Å²) in [6, 6.07) is 14.7. The van der Waals surface area contributed by atoms with Gasteiger partial charge in [-0.2, -0.15) is 0 Å². The van der Waals surface area contributed by atoms with Crippen LogP contribution < -0.4 is 9.62 Å². The summed E-state index contributed by atoms with van der Waals surface area (Å²) < 4.78 is 28.5. The SMILES string of the molecule is CN(c1ccc(C(=O)NCCCn2ccnc2)cc1)S(=O)(=O)c1ccccc1. The molecule has 0 saturated carbocycles. The van der Waals surface area contributed by atoms with Gasteiger partial charge in [-0.1, -0.05) is 18.2 Å². The zero-order valence-corrected chi connectivity index (χ0v) is 16.3. The molecule has 1 aromatic heterocycles. The van der Waals surface area contributed by atoms with Crippen LogP contribution in [0, 0.1) is 0 Å². The van der Waals surface area contributed by atoms with E-state index in [1.54, 1.807) is 67.1 Å². The molecule has 0 fully saturated rings. The van der Waals surface area contributed by atoms with Crippen molar-refractivity contribution in [3.63, 3.8) is 0 Å². The zero-order chi connectivity index (χ0) is 20.0. The van der Waals surface area contributed by atoms with E-state index in [0.717, 1.165) is 13.0 Å². The number of amides is 1. The number of anilines is 1. The van der Waals surface area contributed by atoms with Crippen molar-refractivity contribution in [2.45, 2.75) is 17.9 Å². The predicted octanol–water partition coefficient (Wildman–Crippen LogP) is 2.53. The van der Waals surface area contributed by atoms with E-state index in [1.165, 1.54) is 11.4 Å². The Morgan fingerprint density at radius 3 is 2.46 bits per heavy atom. The molecule has 0 unspecified atom stereocenters. The van der Waals surface area contributed by atoms with Crippen LogP contribution in [0.3, 0.4) is 0 Å². The zero-order valence-electron chi connectivity index (χ0n) is 15.5. The lowest BCUT2D eigenvalue weighted by molar-refractivity contribution is 0.0952. The Balaban J connectivity index is 1.58. The fourth-order valence-corrected chi connectivity index (χ4v) is 3.91. The van der Waals surface area contributed by atoms with Crippen molar-refractivity contribution in [3.8, 4) is 0 Å². The van der Waals surface area contributed by atoms with Crippen LogP contribution in [0.25, 0.3) is 0 Å². The van der Waals surface area contributed by atoms with Crippen LogP contribution >= 0.6 is 0 Å². The van der Waals surface area contributed by atoms with Crippen LogP contribution in [-0.4, -0.2) is 37.5 Å². The Hall–Kier alpha value is -3.13. The molecule has 1 amide bonds. The van der Waals surface area contributed by atoms with Gasteiger partial charge in [0, 0.05) is 38.1 Å². The monoisotopic (exact) mass is 398 g/mol. The molecular weight excluding hydrogens is 376 g/mol. The summed E-state index contributed by atoms with van der Waals surface area (Å²) in [5.41, 5.74) is 0.970. The van der Waals surface area contributed by atoms with E-state index in [4.69, 9.17) is 0 Å². The lowest BCUT2D eigenvalue weighted by atomic mass is 10.2. The van der Waals surface area contributed by atoms with Gasteiger partial charge in [0.25, 0.3) is 15.9 Å². The Labute approximate surface area is 164 Å². The van der Waals surface area contributed by atoms with Gasteiger partial charge in [-0.15, -0.1) is 0 Å². The smallest absolute Gasteiger partial charge is 0.264 e. The quantitative estimate of drug-likeness (QED) is 0.591. The van der Waals surface area contributed by atoms with Gasteiger partial charge in [0.05, 0.1) is 16.9 Å². The highest BCUT2D eigenvalue weighted by molar-refractivity contribution is 7.92. The third kappa shape index (κ3) is 4.58. The number of hydrogen-bond acceptors (Lipinski definition) is 4. The predicted molar refractivity (Wildman–Crippen MR) is 108 cm³/mol. The molecule has 146 valence electrons. The first kappa shape index (κ1) is 19.6. The van der Waals surface area contributed by atoms with Crippen LogP contribution in [0.4, 0.5) is 5.69 Å². The number of sulfonamides is 1. The Kier molecular flexibility index (Phi) is 6.10.